The summed E-state index contributed by atoms with van der Waals surface area (Å²) in [5.41, 5.74) is 0.972. The van der Waals surface area contributed by atoms with Gasteiger partial charge in [0, 0.05) is 23.5 Å². The zero-order valence-electron chi connectivity index (χ0n) is 15.1. The van der Waals surface area contributed by atoms with Crippen LogP contribution in [0.5, 0.6) is 0 Å². The summed E-state index contributed by atoms with van der Waals surface area (Å²) in [6.07, 6.45) is 0.347. The van der Waals surface area contributed by atoms with E-state index >= 15 is 0 Å². The van der Waals surface area contributed by atoms with Crippen molar-refractivity contribution in [1.29, 1.82) is 0 Å². The van der Waals surface area contributed by atoms with Crippen molar-refractivity contribution in [2.75, 3.05) is 6.54 Å². The predicted molar refractivity (Wildman–Crippen MR) is 108 cm³/mol. The Labute approximate surface area is 166 Å². The van der Waals surface area contributed by atoms with Crippen LogP contribution in [0.25, 0.3) is 0 Å². The molecule has 0 aliphatic heterocycles. The predicted octanol–water partition coefficient (Wildman–Crippen LogP) is 4.51. The second kappa shape index (κ2) is 9.19. The monoisotopic (exact) mass is 438 g/mol. The number of hydrogen-bond donors (Lipinski definition) is 2. The molecule has 1 heterocycles. The maximum atomic E-state index is 12.2. The first-order valence-corrected chi connectivity index (χ1v) is 9.92. The molecule has 1 aromatic carbocycles. The highest BCUT2D eigenvalue weighted by Crippen LogP contribution is 2.22. The van der Waals surface area contributed by atoms with Crippen molar-refractivity contribution in [1.82, 2.24) is 10.6 Å². The van der Waals surface area contributed by atoms with Gasteiger partial charge in [-0.2, -0.15) is 0 Å². The van der Waals surface area contributed by atoms with Crippen LogP contribution in [0, 0.1) is 0 Å². The van der Waals surface area contributed by atoms with Crippen LogP contribution in [0.2, 0.25) is 0 Å². The molecule has 0 spiro atoms. The second-order valence-electron chi connectivity index (χ2n) is 6.76. The summed E-state index contributed by atoms with van der Waals surface area (Å²) in [5.74, 6) is -0.104. The van der Waals surface area contributed by atoms with E-state index in [0.717, 1.165) is 15.8 Å². The summed E-state index contributed by atoms with van der Waals surface area (Å²) in [4.78, 5) is 25.0. The lowest BCUT2D eigenvalue weighted by Gasteiger charge is -2.19. The number of hydrogen-bond acceptors (Lipinski definition) is 4. The lowest BCUT2D eigenvalue weighted by atomic mass is 10.1. The van der Waals surface area contributed by atoms with Gasteiger partial charge in [-0.15, -0.1) is 11.3 Å². The zero-order chi connectivity index (χ0) is 19.2. The smallest absolute Gasteiger partial charge is 0.407 e. The third-order valence-electron chi connectivity index (χ3n) is 3.34. The molecule has 0 unspecified atom stereocenters. The van der Waals surface area contributed by atoms with Crippen LogP contribution < -0.4 is 10.6 Å². The van der Waals surface area contributed by atoms with Crippen LogP contribution in [0.15, 0.2) is 40.2 Å². The molecular weight excluding hydrogens is 416 g/mol. The van der Waals surface area contributed by atoms with Gasteiger partial charge in [-0.3, -0.25) is 4.79 Å². The molecule has 2 aromatic rings. The second-order valence-corrected chi connectivity index (χ2v) is 9.31. The van der Waals surface area contributed by atoms with Gasteiger partial charge in [0.05, 0.1) is 3.79 Å². The van der Waals surface area contributed by atoms with Gasteiger partial charge < -0.3 is 15.4 Å². The third kappa shape index (κ3) is 7.17. The number of ether oxygens (including phenoxy) is 1. The SMILES string of the molecule is CC(C)(C)OC(=O)NCc1ccc(C(=O)NCCc2ccc(Br)s2)cc1. The fourth-order valence-electron chi connectivity index (χ4n) is 2.15. The van der Waals surface area contributed by atoms with Crippen molar-refractivity contribution in [3.05, 3.63) is 56.2 Å². The molecule has 0 aliphatic carbocycles. The molecule has 140 valence electrons. The molecule has 1 aromatic heterocycles. The number of alkyl carbamates (subject to hydrolysis) is 1. The lowest BCUT2D eigenvalue weighted by Crippen LogP contribution is -2.32. The first kappa shape index (κ1) is 20.5. The number of thiophene rings is 1. The fourth-order valence-corrected chi connectivity index (χ4v) is 3.63. The molecule has 2 N–H and O–H groups in total. The van der Waals surface area contributed by atoms with E-state index in [1.807, 2.05) is 45.0 Å². The minimum absolute atomic E-state index is 0.104. The van der Waals surface area contributed by atoms with Gasteiger partial charge in [-0.1, -0.05) is 12.1 Å². The van der Waals surface area contributed by atoms with Crippen LogP contribution in [-0.2, 0) is 17.7 Å². The van der Waals surface area contributed by atoms with Crippen LogP contribution in [0.4, 0.5) is 4.79 Å². The number of amides is 2. The Balaban J connectivity index is 1.77. The molecule has 0 saturated carbocycles. The third-order valence-corrected chi connectivity index (χ3v) is 5.02. The number of rotatable bonds is 6. The molecular formula is C19H23BrN2O3S. The highest BCUT2D eigenvalue weighted by Gasteiger charge is 2.15. The first-order chi connectivity index (χ1) is 12.2. The minimum Gasteiger partial charge on any atom is -0.444 e. The zero-order valence-corrected chi connectivity index (χ0v) is 17.5. The van der Waals surface area contributed by atoms with Gasteiger partial charge in [0.2, 0.25) is 0 Å². The Bertz CT molecular complexity index is 751. The van der Waals surface area contributed by atoms with Gasteiger partial charge >= 0.3 is 6.09 Å². The van der Waals surface area contributed by atoms with Crippen molar-refractivity contribution in [3.8, 4) is 0 Å². The van der Waals surface area contributed by atoms with Gasteiger partial charge in [0.15, 0.2) is 0 Å². The highest BCUT2D eigenvalue weighted by molar-refractivity contribution is 9.11. The quantitative estimate of drug-likeness (QED) is 0.696. The molecule has 0 atom stereocenters. The van der Waals surface area contributed by atoms with Gasteiger partial charge in [0.1, 0.15) is 5.60 Å². The lowest BCUT2D eigenvalue weighted by molar-refractivity contribution is 0.0523. The molecule has 5 nitrogen and oxygen atoms in total. The number of benzene rings is 1. The van der Waals surface area contributed by atoms with Gasteiger partial charge in [-0.05, 0) is 73.0 Å². The molecule has 0 fully saturated rings. The van der Waals surface area contributed by atoms with Crippen molar-refractivity contribution in [3.63, 3.8) is 0 Å². The Morgan fingerprint density at radius 1 is 1.08 bits per heavy atom. The summed E-state index contributed by atoms with van der Waals surface area (Å²) in [7, 11) is 0. The van der Waals surface area contributed by atoms with E-state index in [0.29, 0.717) is 18.7 Å². The van der Waals surface area contributed by atoms with Gasteiger partial charge in [0.25, 0.3) is 5.91 Å². The van der Waals surface area contributed by atoms with Crippen molar-refractivity contribution < 1.29 is 14.3 Å². The van der Waals surface area contributed by atoms with E-state index in [9.17, 15) is 9.59 Å². The summed E-state index contributed by atoms with van der Waals surface area (Å²) in [5, 5.41) is 5.61. The molecule has 0 bridgehead atoms. The number of halogens is 1. The largest absolute Gasteiger partial charge is 0.444 e. The normalized spacial score (nSPS) is 11.1. The molecule has 7 heteroatoms. The Morgan fingerprint density at radius 2 is 1.77 bits per heavy atom. The van der Waals surface area contributed by atoms with Crippen molar-refractivity contribution in [2.24, 2.45) is 0 Å². The average molecular weight is 439 g/mol. The summed E-state index contributed by atoms with van der Waals surface area (Å²) < 4.78 is 6.28. The molecule has 2 amide bonds. The summed E-state index contributed by atoms with van der Waals surface area (Å²) in [6.45, 7) is 6.39. The topological polar surface area (TPSA) is 67.4 Å². The van der Waals surface area contributed by atoms with Crippen LogP contribution >= 0.6 is 27.3 Å². The van der Waals surface area contributed by atoms with Crippen molar-refractivity contribution >= 4 is 39.3 Å². The fraction of sp³-hybridized carbons (Fsp3) is 0.368. The van der Waals surface area contributed by atoms with E-state index in [4.69, 9.17) is 4.74 Å². The van der Waals surface area contributed by atoms with E-state index in [1.165, 1.54) is 4.88 Å². The van der Waals surface area contributed by atoms with Crippen LogP contribution in [0.3, 0.4) is 0 Å². The van der Waals surface area contributed by atoms with E-state index in [1.54, 1.807) is 23.5 Å². The number of nitrogens with one attached hydrogen (secondary N) is 2. The molecule has 26 heavy (non-hydrogen) atoms. The van der Waals surface area contributed by atoms with E-state index < -0.39 is 11.7 Å². The number of carbonyl (C=O) groups is 2. The standard InChI is InChI=1S/C19H23BrN2O3S/c1-19(2,3)25-18(24)22-12-13-4-6-14(7-5-13)17(23)21-11-10-15-8-9-16(20)26-15/h4-9H,10-12H2,1-3H3,(H,21,23)(H,22,24). The first-order valence-electron chi connectivity index (χ1n) is 8.31. The van der Waals surface area contributed by atoms with Crippen LogP contribution in [-0.4, -0.2) is 24.1 Å². The van der Waals surface area contributed by atoms with Crippen LogP contribution in [0.1, 0.15) is 41.6 Å². The van der Waals surface area contributed by atoms with E-state index in [2.05, 4.69) is 26.6 Å². The summed E-state index contributed by atoms with van der Waals surface area (Å²) >= 11 is 5.10. The van der Waals surface area contributed by atoms with E-state index in [-0.39, 0.29) is 5.91 Å². The highest BCUT2D eigenvalue weighted by atomic mass is 79.9. The Hall–Kier alpha value is -1.86. The summed E-state index contributed by atoms with van der Waals surface area (Å²) in [6, 6.07) is 11.2. The molecule has 0 radical (unpaired) electrons. The maximum absolute atomic E-state index is 12.2. The molecule has 2 rings (SSSR count). The van der Waals surface area contributed by atoms with Gasteiger partial charge in [-0.25, -0.2) is 4.79 Å². The van der Waals surface area contributed by atoms with Crippen molar-refractivity contribution in [2.45, 2.75) is 39.3 Å². The average Bonchev–Trinajstić information content (AvgIpc) is 2.97. The Morgan fingerprint density at radius 3 is 2.35 bits per heavy atom. The minimum atomic E-state index is -0.523. The molecule has 0 saturated heterocycles. The maximum Gasteiger partial charge on any atom is 0.407 e. The number of carbonyl (C=O) groups excluding carboxylic acids is 2. The molecule has 0 aliphatic rings. The Kier molecular flexibility index (Phi) is 7.23.